The highest BCUT2D eigenvalue weighted by atomic mass is 16.5. The van der Waals surface area contributed by atoms with E-state index in [1.165, 1.54) is 57.8 Å². The molecule has 0 amide bonds. The van der Waals surface area contributed by atoms with Crippen molar-refractivity contribution in [2.75, 3.05) is 13.2 Å². The number of hydrogen-bond acceptors (Lipinski definition) is 5. The van der Waals surface area contributed by atoms with E-state index < -0.39 is 0 Å². The number of hydrogen-bond donors (Lipinski definition) is 0. The fourth-order valence-electron chi connectivity index (χ4n) is 4.04. The van der Waals surface area contributed by atoms with Gasteiger partial charge in [0.15, 0.2) is 0 Å². The fraction of sp³-hybridized carbons (Fsp3) is 0.552. The first-order valence-electron chi connectivity index (χ1n) is 13.5. The lowest BCUT2D eigenvalue weighted by molar-refractivity contribution is 0.0498. The van der Waals surface area contributed by atoms with Gasteiger partial charge >= 0.3 is 5.97 Å². The predicted molar refractivity (Wildman–Crippen MR) is 141 cm³/mol. The van der Waals surface area contributed by atoms with E-state index in [4.69, 9.17) is 9.47 Å². The number of esters is 1. The molecule has 0 N–H and O–H groups in total. The van der Waals surface area contributed by atoms with Gasteiger partial charge in [-0.25, -0.2) is 4.79 Å². The van der Waals surface area contributed by atoms with E-state index in [1.54, 1.807) is 16.9 Å². The molecule has 0 radical (unpaired) electrons. The maximum atomic E-state index is 12.4. The maximum Gasteiger partial charge on any atom is 0.338 e. The first-order valence-corrected chi connectivity index (χ1v) is 13.5. The van der Waals surface area contributed by atoms with Crippen LogP contribution in [-0.2, 0) is 4.74 Å². The molecule has 0 aliphatic rings. The van der Waals surface area contributed by atoms with Crippen molar-refractivity contribution >= 4 is 17.0 Å². The van der Waals surface area contributed by atoms with Gasteiger partial charge in [-0.1, -0.05) is 78.1 Å². The predicted octanol–water partition coefficient (Wildman–Crippen LogP) is 7.68. The molecule has 1 aromatic heterocycles. The standard InChI is InChI=1S/C29H41N3O3/c1-3-5-7-9-11-13-21-34-26-18-16-25(17-19-26)32-30-27-20-15-24(23-28(27)31-32)29(33)35-22-14-12-10-8-6-4-2/h15-20,23H,3-14,21-22H2,1-2H3. The van der Waals surface area contributed by atoms with Crippen molar-refractivity contribution in [3.63, 3.8) is 0 Å². The highest BCUT2D eigenvalue weighted by Gasteiger charge is 2.11. The van der Waals surface area contributed by atoms with Crippen molar-refractivity contribution in [3.05, 3.63) is 48.0 Å². The number of benzene rings is 2. The average Bonchev–Trinajstić information content (AvgIpc) is 3.31. The summed E-state index contributed by atoms with van der Waals surface area (Å²) in [5.74, 6) is 0.552. The number of carbonyl (C=O) groups is 1. The Bertz CT molecular complexity index is 1010. The maximum absolute atomic E-state index is 12.4. The molecule has 0 atom stereocenters. The summed E-state index contributed by atoms with van der Waals surface area (Å²) in [5, 5.41) is 9.11. The molecule has 3 rings (SSSR count). The molecule has 35 heavy (non-hydrogen) atoms. The molecule has 0 aliphatic heterocycles. The summed E-state index contributed by atoms with van der Waals surface area (Å²) < 4.78 is 11.3. The number of carbonyl (C=O) groups excluding carboxylic acids is 1. The summed E-state index contributed by atoms with van der Waals surface area (Å²) in [6, 6.07) is 13.1. The van der Waals surface area contributed by atoms with Crippen LogP contribution in [0.2, 0.25) is 0 Å². The third-order valence-electron chi connectivity index (χ3n) is 6.18. The van der Waals surface area contributed by atoms with E-state index in [9.17, 15) is 4.79 Å². The Morgan fingerprint density at radius 1 is 0.714 bits per heavy atom. The molecule has 0 unspecified atom stereocenters. The van der Waals surface area contributed by atoms with Gasteiger partial charge in [-0.05, 0) is 55.3 Å². The zero-order valence-electron chi connectivity index (χ0n) is 21.5. The van der Waals surface area contributed by atoms with Gasteiger partial charge in [0.25, 0.3) is 0 Å². The molecule has 1 heterocycles. The van der Waals surface area contributed by atoms with E-state index in [0.717, 1.165) is 42.8 Å². The number of fused-ring (bicyclic) bond motifs is 1. The zero-order valence-corrected chi connectivity index (χ0v) is 21.5. The molecule has 0 aliphatic carbocycles. The average molecular weight is 480 g/mol. The monoisotopic (exact) mass is 479 g/mol. The van der Waals surface area contributed by atoms with Crippen molar-refractivity contribution in [3.8, 4) is 11.4 Å². The third kappa shape index (κ3) is 9.00. The van der Waals surface area contributed by atoms with Crippen LogP contribution in [0.3, 0.4) is 0 Å². The largest absolute Gasteiger partial charge is 0.494 e. The molecular formula is C29H41N3O3. The Balaban J connectivity index is 1.47. The number of rotatable bonds is 17. The van der Waals surface area contributed by atoms with Crippen molar-refractivity contribution in [1.29, 1.82) is 0 Å². The van der Waals surface area contributed by atoms with Crippen LogP contribution in [0.1, 0.15) is 101 Å². The van der Waals surface area contributed by atoms with E-state index >= 15 is 0 Å². The Hall–Kier alpha value is -2.89. The highest BCUT2D eigenvalue weighted by molar-refractivity contribution is 5.93. The fourth-order valence-corrected chi connectivity index (χ4v) is 4.04. The molecule has 6 nitrogen and oxygen atoms in total. The van der Waals surface area contributed by atoms with E-state index in [0.29, 0.717) is 17.7 Å². The van der Waals surface area contributed by atoms with Crippen LogP contribution in [-0.4, -0.2) is 34.2 Å². The van der Waals surface area contributed by atoms with Gasteiger partial charge < -0.3 is 9.47 Å². The van der Waals surface area contributed by atoms with E-state index in [2.05, 4.69) is 24.0 Å². The number of unbranched alkanes of at least 4 members (excludes halogenated alkanes) is 10. The van der Waals surface area contributed by atoms with Crippen LogP contribution in [0.5, 0.6) is 5.75 Å². The molecule has 190 valence electrons. The molecule has 0 bridgehead atoms. The van der Waals surface area contributed by atoms with Crippen molar-refractivity contribution in [2.45, 2.75) is 90.9 Å². The quantitative estimate of drug-likeness (QED) is 0.147. The Morgan fingerprint density at radius 3 is 2.00 bits per heavy atom. The number of aromatic nitrogens is 3. The lowest BCUT2D eigenvalue weighted by atomic mass is 10.1. The first kappa shape index (κ1) is 26.7. The summed E-state index contributed by atoms with van der Waals surface area (Å²) >= 11 is 0. The molecule has 0 saturated heterocycles. The van der Waals surface area contributed by atoms with Gasteiger partial charge in [0.2, 0.25) is 0 Å². The van der Waals surface area contributed by atoms with Gasteiger partial charge in [-0.3, -0.25) is 0 Å². The molecule has 0 spiro atoms. The van der Waals surface area contributed by atoms with Gasteiger partial charge in [-0.2, -0.15) is 4.80 Å². The minimum Gasteiger partial charge on any atom is -0.494 e. The SMILES string of the molecule is CCCCCCCCOC(=O)c1ccc2nn(-c3ccc(OCCCCCCCC)cc3)nc2c1. The third-order valence-corrected chi connectivity index (χ3v) is 6.18. The van der Waals surface area contributed by atoms with Crippen molar-refractivity contribution in [2.24, 2.45) is 0 Å². The van der Waals surface area contributed by atoms with Crippen LogP contribution >= 0.6 is 0 Å². The number of ether oxygens (including phenoxy) is 2. The molecule has 0 saturated carbocycles. The van der Waals surface area contributed by atoms with Gasteiger partial charge in [-0.15, -0.1) is 10.2 Å². The highest BCUT2D eigenvalue weighted by Crippen LogP contribution is 2.18. The zero-order chi connectivity index (χ0) is 24.7. The van der Waals surface area contributed by atoms with Crippen LogP contribution in [0.15, 0.2) is 42.5 Å². The van der Waals surface area contributed by atoms with Gasteiger partial charge in [0, 0.05) is 0 Å². The lowest BCUT2D eigenvalue weighted by Crippen LogP contribution is -2.06. The molecule has 0 fully saturated rings. The Labute approximate surface area is 210 Å². The van der Waals surface area contributed by atoms with Crippen molar-refractivity contribution < 1.29 is 14.3 Å². The normalized spacial score (nSPS) is 11.1. The first-order chi connectivity index (χ1) is 17.2. The van der Waals surface area contributed by atoms with E-state index in [-0.39, 0.29) is 5.97 Å². The second kappa shape index (κ2) is 15.2. The minimum absolute atomic E-state index is 0.304. The summed E-state index contributed by atoms with van der Waals surface area (Å²) in [5.41, 5.74) is 2.76. The van der Waals surface area contributed by atoms with Crippen LogP contribution in [0.25, 0.3) is 16.7 Å². The molecule has 6 heteroatoms. The summed E-state index contributed by atoms with van der Waals surface area (Å²) in [4.78, 5) is 14.0. The van der Waals surface area contributed by atoms with Crippen molar-refractivity contribution in [1.82, 2.24) is 15.0 Å². The Kier molecular flexibility index (Phi) is 11.6. The number of nitrogens with zero attached hydrogens (tertiary/aromatic N) is 3. The molecule has 3 aromatic rings. The van der Waals surface area contributed by atoms with E-state index in [1.807, 2.05) is 30.3 Å². The smallest absolute Gasteiger partial charge is 0.338 e. The van der Waals surface area contributed by atoms with Gasteiger partial charge in [0.1, 0.15) is 16.8 Å². The van der Waals surface area contributed by atoms with Crippen LogP contribution in [0, 0.1) is 0 Å². The Morgan fingerprint density at radius 2 is 1.31 bits per heavy atom. The lowest BCUT2D eigenvalue weighted by Gasteiger charge is -2.07. The minimum atomic E-state index is -0.304. The summed E-state index contributed by atoms with van der Waals surface area (Å²) in [6.07, 6.45) is 14.5. The van der Waals surface area contributed by atoms with Crippen LogP contribution in [0.4, 0.5) is 0 Å². The van der Waals surface area contributed by atoms with Crippen LogP contribution < -0.4 is 4.74 Å². The second-order valence-electron chi connectivity index (χ2n) is 9.21. The second-order valence-corrected chi connectivity index (χ2v) is 9.21. The topological polar surface area (TPSA) is 66.2 Å². The summed E-state index contributed by atoms with van der Waals surface area (Å²) in [7, 11) is 0. The molecular weight excluding hydrogens is 438 g/mol. The van der Waals surface area contributed by atoms with Gasteiger partial charge in [0.05, 0.1) is 24.5 Å². The molecule has 2 aromatic carbocycles. The summed E-state index contributed by atoms with van der Waals surface area (Å²) in [6.45, 7) is 5.65.